The predicted molar refractivity (Wildman–Crippen MR) is 95.4 cm³/mol. The van der Waals surface area contributed by atoms with Crippen LogP contribution in [0.5, 0.6) is 0 Å². The number of amides is 1. The number of nitrogens with one attached hydrogen (secondary N) is 1. The third-order valence-electron chi connectivity index (χ3n) is 3.27. The lowest BCUT2D eigenvalue weighted by atomic mass is 10.1. The second-order valence-electron chi connectivity index (χ2n) is 5.09. The Balaban J connectivity index is 1.85. The van der Waals surface area contributed by atoms with Crippen molar-refractivity contribution in [2.75, 3.05) is 5.32 Å². The maximum absolute atomic E-state index is 12.0. The molecular weight excluding hydrogens is 374 g/mol. The van der Waals surface area contributed by atoms with Crippen molar-refractivity contribution in [3.63, 3.8) is 0 Å². The molecule has 5 nitrogen and oxygen atoms in total. The van der Waals surface area contributed by atoms with Crippen LogP contribution >= 0.6 is 15.9 Å². The summed E-state index contributed by atoms with van der Waals surface area (Å²) in [4.78, 5) is 23.8. The predicted octanol–water partition coefficient (Wildman–Crippen LogP) is 4.19. The van der Waals surface area contributed by atoms with Gasteiger partial charge in [-0.2, -0.15) is 0 Å². The van der Waals surface area contributed by atoms with Crippen LogP contribution in [0.1, 0.15) is 25.2 Å². The molecule has 24 heavy (non-hydrogen) atoms. The number of carbonyl (C=O) groups is 2. The average Bonchev–Trinajstić information content (AvgIpc) is 2.99. The maximum Gasteiger partial charge on any atom is 0.331 e. The van der Waals surface area contributed by atoms with Crippen molar-refractivity contribution in [2.24, 2.45) is 0 Å². The van der Waals surface area contributed by atoms with Crippen LogP contribution < -0.4 is 5.32 Å². The van der Waals surface area contributed by atoms with Gasteiger partial charge in [0.2, 0.25) is 0 Å². The summed E-state index contributed by atoms with van der Waals surface area (Å²) in [6.45, 7) is 3.58. The van der Waals surface area contributed by atoms with Crippen LogP contribution in [0, 0.1) is 0 Å². The Kier molecular flexibility index (Phi) is 6.37. The highest BCUT2D eigenvalue weighted by Gasteiger charge is 2.16. The molecule has 6 heteroatoms. The van der Waals surface area contributed by atoms with E-state index in [0.29, 0.717) is 16.1 Å². The molecule has 2 rings (SSSR count). The summed E-state index contributed by atoms with van der Waals surface area (Å²) in [5.41, 5.74) is 1.85. The molecule has 0 bridgehead atoms. The maximum atomic E-state index is 12.0. The number of hydrogen-bond acceptors (Lipinski definition) is 4. The fourth-order valence-corrected chi connectivity index (χ4v) is 2.22. The van der Waals surface area contributed by atoms with Crippen molar-refractivity contribution in [3.8, 4) is 0 Å². The minimum atomic E-state index is -0.906. The highest BCUT2D eigenvalue weighted by molar-refractivity contribution is 9.10. The summed E-state index contributed by atoms with van der Waals surface area (Å²) in [6, 6.07) is 10.9. The van der Waals surface area contributed by atoms with E-state index < -0.39 is 12.1 Å². The van der Waals surface area contributed by atoms with E-state index in [-0.39, 0.29) is 5.91 Å². The Labute approximate surface area is 148 Å². The molecule has 0 aliphatic carbocycles. The summed E-state index contributed by atoms with van der Waals surface area (Å²) in [5, 5.41) is 2.71. The summed E-state index contributed by atoms with van der Waals surface area (Å²) in [7, 11) is 0. The van der Waals surface area contributed by atoms with Gasteiger partial charge in [0.15, 0.2) is 10.8 Å². The van der Waals surface area contributed by atoms with Gasteiger partial charge in [-0.05, 0) is 65.2 Å². The Morgan fingerprint density at radius 3 is 2.54 bits per heavy atom. The third kappa shape index (κ3) is 5.38. The SMILES string of the molecule is CCc1ccc(NC(=O)C(C)OC(=O)/C=C/c2ccc(Br)o2)cc1. The summed E-state index contributed by atoms with van der Waals surface area (Å²) < 4.78 is 10.9. The van der Waals surface area contributed by atoms with Gasteiger partial charge in [-0.1, -0.05) is 19.1 Å². The van der Waals surface area contributed by atoms with Crippen molar-refractivity contribution >= 4 is 39.6 Å². The van der Waals surface area contributed by atoms with Crippen molar-refractivity contribution in [1.29, 1.82) is 0 Å². The zero-order valence-electron chi connectivity index (χ0n) is 13.4. The number of benzene rings is 1. The van der Waals surface area contributed by atoms with Crippen LogP contribution in [0.2, 0.25) is 0 Å². The summed E-state index contributed by atoms with van der Waals surface area (Å²) in [5.74, 6) is -0.500. The van der Waals surface area contributed by atoms with Crippen molar-refractivity contribution < 1.29 is 18.7 Å². The summed E-state index contributed by atoms with van der Waals surface area (Å²) >= 11 is 3.17. The van der Waals surface area contributed by atoms with Crippen LogP contribution in [0.3, 0.4) is 0 Å². The first kappa shape index (κ1) is 18.0. The molecular formula is C18H18BrNO4. The molecule has 1 aromatic heterocycles. The van der Waals surface area contributed by atoms with Gasteiger partial charge in [0, 0.05) is 11.8 Å². The molecule has 1 heterocycles. The third-order valence-corrected chi connectivity index (χ3v) is 3.70. The van der Waals surface area contributed by atoms with Gasteiger partial charge in [-0.15, -0.1) is 0 Å². The highest BCUT2D eigenvalue weighted by Crippen LogP contribution is 2.15. The van der Waals surface area contributed by atoms with Gasteiger partial charge >= 0.3 is 5.97 Å². The number of rotatable bonds is 6. The second kappa shape index (κ2) is 8.49. The molecule has 0 radical (unpaired) electrons. The first-order valence-corrected chi connectivity index (χ1v) is 8.31. The molecule has 1 atom stereocenters. The van der Waals surface area contributed by atoms with Crippen LogP contribution in [0.25, 0.3) is 6.08 Å². The lowest BCUT2D eigenvalue weighted by Crippen LogP contribution is -2.29. The quantitative estimate of drug-likeness (QED) is 0.591. The number of aryl methyl sites for hydroxylation is 1. The zero-order chi connectivity index (χ0) is 17.5. The number of hydrogen-bond donors (Lipinski definition) is 1. The zero-order valence-corrected chi connectivity index (χ0v) is 15.0. The molecule has 1 aromatic carbocycles. The van der Waals surface area contributed by atoms with Crippen LogP contribution in [0.15, 0.2) is 51.6 Å². The standard InChI is InChI=1S/C18H18BrNO4/c1-3-13-4-6-14(7-5-13)20-18(22)12(2)23-17(21)11-9-15-8-10-16(19)24-15/h4-12H,3H2,1-2H3,(H,20,22)/b11-9+. The molecule has 0 aliphatic rings. The van der Waals surface area contributed by atoms with Gasteiger partial charge in [0.05, 0.1) is 0 Å². The van der Waals surface area contributed by atoms with E-state index in [4.69, 9.17) is 9.15 Å². The first-order chi connectivity index (χ1) is 11.5. The van der Waals surface area contributed by atoms with Crippen LogP contribution in [-0.2, 0) is 20.7 Å². The molecule has 126 valence electrons. The van der Waals surface area contributed by atoms with Gasteiger partial charge in [0.25, 0.3) is 5.91 Å². The highest BCUT2D eigenvalue weighted by atomic mass is 79.9. The van der Waals surface area contributed by atoms with Crippen LogP contribution in [0.4, 0.5) is 5.69 Å². The van der Waals surface area contributed by atoms with E-state index >= 15 is 0 Å². The van der Waals surface area contributed by atoms with Crippen molar-refractivity contribution in [2.45, 2.75) is 26.4 Å². The number of furan rings is 1. The Hall–Kier alpha value is -2.34. The lowest BCUT2D eigenvalue weighted by Gasteiger charge is -2.12. The van der Waals surface area contributed by atoms with E-state index in [9.17, 15) is 9.59 Å². The smallest absolute Gasteiger partial charge is 0.331 e. The molecule has 1 N–H and O–H groups in total. The van der Waals surface area contributed by atoms with E-state index in [1.165, 1.54) is 24.6 Å². The first-order valence-electron chi connectivity index (χ1n) is 7.51. The van der Waals surface area contributed by atoms with E-state index in [1.54, 1.807) is 12.1 Å². The largest absolute Gasteiger partial charge is 0.450 e. The number of ether oxygens (including phenoxy) is 1. The van der Waals surface area contributed by atoms with Gasteiger partial charge < -0.3 is 14.5 Å². The van der Waals surface area contributed by atoms with Crippen LogP contribution in [-0.4, -0.2) is 18.0 Å². The molecule has 1 amide bonds. The fourth-order valence-electron chi connectivity index (χ4n) is 1.90. The lowest BCUT2D eigenvalue weighted by molar-refractivity contribution is -0.148. The van der Waals surface area contributed by atoms with Crippen molar-refractivity contribution in [1.82, 2.24) is 0 Å². The van der Waals surface area contributed by atoms with E-state index in [2.05, 4.69) is 28.2 Å². The number of anilines is 1. The minimum Gasteiger partial charge on any atom is -0.450 e. The molecule has 0 saturated heterocycles. The minimum absolute atomic E-state index is 0.387. The van der Waals surface area contributed by atoms with E-state index in [1.807, 2.05) is 24.3 Å². The number of carbonyl (C=O) groups excluding carboxylic acids is 2. The van der Waals surface area contributed by atoms with Crippen molar-refractivity contribution in [3.05, 3.63) is 58.5 Å². The molecule has 0 fully saturated rings. The normalized spacial score (nSPS) is 12.1. The monoisotopic (exact) mass is 391 g/mol. The summed E-state index contributed by atoms with van der Waals surface area (Å²) in [6.07, 6.45) is 2.71. The van der Waals surface area contributed by atoms with E-state index in [0.717, 1.165) is 6.42 Å². The molecule has 0 aliphatic heterocycles. The average molecular weight is 392 g/mol. The van der Waals surface area contributed by atoms with Gasteiger partial charge in [0.1, 0.15) is 5.76 Å². The Morgan fingerprint density at radius 2 is 1.96 bits per heavy atom. The topological polar surface area (TPSA) is 68.5 Å². The number of esters is 1. The van der Waals surface area contributed by atoms with Gasteiger partial charge in [-0.25, -0.2) is 4.79 Å². The molecule has 0 saturated carbocycles. The van der Waals surface area contributed by atoms with Gasteiger partial charge in [-0.3, -0.25) is 4.79 Å². The molecule has 2 aromatic rings. The second-order valence-corrected chi connectivity index (χ2v) is 5.88. The molecule has 0 spiro atoms. The molecule has 1 unspecified atom stereocenters. The number of halogens is 1. The Morgan fingerprint density at radius 1 is 1.25 bits per heavy atom. The Bertz CT molecular complexity index is 734. The fraction of sp³-hybridized carbons (Fsp3) is 0.222.